The highest BCUT2D eigenvalue weighted by atomic mass is 19.4. The van der Waals surface area contributed by atoms with E-state index in [1.165, 1.54) is 0 Å². The summed E-state index contributed by atoms with van der Waals surface area (Å²) in [5.41, 5.74) is -1.54. The molecule has 0 unspecified atom stereocenters. The maximum atomic E-state index is 12.6. The largest absolute Gasteiger partial charge is 0.431 e. The third-order valence-electron chi connectivity index (χ3n) is 2.23. The van der Waals surface area contributed by atoms with E-state index in [1.807, 2.05) is 13.8 Å². The van der Waals surface area contributed by atoms with Gasteiger partial charge in [-0.15, -0.1) is 0 Å². The molecule has 0 fully saturated rings. The Morgan fingerprint density at radius 3 is 2.53 bits per heavy atom. The van der Waals surface area contributed by atoms with Crippen molar-refractivity contribution in [3.05, 3.63) is 34.2 Å². The van der Waals surface area contributed by atoms with E-state index in [9.17, 15) is 18.0 Å². The van der Waals surface area contributed by atoms with E-state index in [0.29, 0.717) is 6.54 Å². The van der Waals surface area contributed by atoms with Gasteiger partial charge < -0.3 is 9.88 Å². The van der Waals surface area contributed by atoms with Gasteiger partial charge in [-0.2, -0.15) is 13.2 Å². The van der Waals surface area contributed by atoms with Crippen LogP contribution in [0.5, 0.6) is 0 Å². The zero-order valence-electron chi connectivity index (χ0n) is 9.71. The van der Waals surface area contributed by atoms with Gasteiger partial charge in [-0.25, -0.2) is 0 Å². The first-order valence-electron chi connectivity index (χ1n) is 5.33. The Morgan fingerprint density at radius 2 is 2.00 bits per heavy atom. The number of pyridine rings is 1. The highest BCUT2D eigenvalue weighted by Crippen LogP contribution is 2.27. The Hall–Kier alpha value is -1.30. The molecule has 0 aliphatic carbocycles. The maximum absolute atomic E-state index is 12.6. The van der Waals surface area contributed by atoms with Gasteiger partial charge in [0.1, 0.15) is 5.69 Å². The van der Waals surface area contributed by atoms with Crippen molar-refractivity contribution < 1.29 is 13.2 Å². The van der Waals surface area contributed by atoms with E-state index >= 15 is 0 Å². The van der Waals surface area contributed by atoms with E-state index in [2.05, 4.69) is 5.32 Å². The van der Waals surface area contributed by atoms with E-state index < -0.39 is 17.4 Å². The molecule has 96 valence electrons. The molecule has 1 N–H and O–H groups in total. The predicted octanol–water partition coefficient (Wildman–Crippen LogP) is 1.87. The summed E-state index contributed by atoms with van der Waals surface area (Å²) in [6.07, 6.45) is -4.50. The van der Waals surface area contributed by atoms with Crippen molar-refractivity contribution in [2.45, 2.75) is 32.6 Å². The van der Waals surface area contributed by atoms with Gasteiger partial charge in [0.15, 0.2) is 0 Å². The van der Waals surface area contributed by atoms with E-state index in [0.717, 1.165) is 22.8 Å². The van der Waals surface area contributed by atoms with Crippen LogP contribution in [0.4, 0.5) is 13.2 Å². The number of rotatable bonds is 4. The summed E-state index contributed by atoms with van der Waals surface area (Å²) in [7, 11) is 0. The van der Waals surface area contributed by atoms with Crippen LogP contribution in [0.3, 0.4) is 0 Å². The first-order valence-corrected chi connectivity index (χ1v) is 5.33. The summed E-state index contributed by atoms with van der Waals surface area (Å²) in [5, 5.41) is 2.97. The minimum absolute atomic E-state index is 0.00664. The van der Waals surface area contributed by atoms with Crippen molar-refractivity contribution >= 4 is 0 Å². The van der Waals surface area contributed by atoms with Crippen molar-refractivity contribution in [3.8, 4) is 0 Å². The molecule has 17 heavy (non-hydrogen) atoms. The fraction of sp³-hybridized carbons (Fsp3) is 0.545. The fourth-order valence-electron chi connectivity index (χ4n) is 1.46. The number of nitrogens with one attached hydrogen (secondary N) is 1. The smallest absolute Gasteiger partial charge is 0.313 e. The van der Waals surface area contributed by atoms with Crippen LogP contribution in [0, 0.1) is 0 Å². The van der Waals surface area contributed by atoms with Gasteiger partial charge in [-0.1, -0.05) is 19.9 Å². The summed E-state index contributed by atoms with van der Waals surface area (Å²) in [4.78, 5) is 11.4. The van der Waals surface area contributed by atoms with Gasteiger partial charge in [0.25, 0.3) is 5.56 Å². The minimum atomic E-state index is -4.50. The van der Waals surface area contributed by atoms with E-state index in [1.54, 1.807) is 0 Å². The van der Waals surface area contributed by atoms with Crippen molar-refractivity contribution in [1.29, 1.82) is 0 Å². The maximum Gasteiger partial charge on any atom is 0.431 e. The van der Waals surface area contributed by atoms with Crippen molar-refractivity contribution in [3.63, 3.8) is 0 Å². The lowest BCUT2D eigenvalue weighted by Gasteiger charge is -2.15. The molecule has 0 bridgehead atoms. The number of halogens is 3. The molecule has 1 rings (SSSR count). The van der Waals surface area contributed by atoms with Crippen LogP contribution in [0.15, 0.2) is 23.0 Å². The molecule has 0 aromatic carbocycles. The molecule has 0 amide bonds. The number of aromatic nitrogens is 1. The fourth-order valence-corrected chi connectivity index (χ4v) is 1.46. The average Bonchev–Trinajstić information content (AvgIpc) is 2.18. The Bertz CT molecular complexity index is 423. The Kier molecular flexibility index (Phi) is 4.34. The first kappa shape index (κ1) is 13.8. The molecule has 1 aromatic rings. The van der Waals surface area contributed by atoms with E-state index in [4.69, 9.17) is 0 Å². The average molecular weight is 248 g/mol. The highest BCUT2D eigenvalue weighted by Gasteiger charge is 2.33. The summed E-state index contributed by atoms with van der Waals surface area (Å²) < 4.78 is 38.6. The molecule has 0 saturated heterocycles. The predicted molar refractivity (Wildman–Crippen MR) is 58.8 cm³/mol. The molecule has 1 heterocycles. The van der Waals surface area contributed by atoms with Crippen LogP contribution in [-0.2, 0) is 12.7 Å². The van der Waals surface area contributed by atoms with Crippen LogP contribution in [0.25, 0.3) is 0 Å². The van der Waals surface area contributed by atoms with Crippen molar-refractivity contribution in [2.75, 3.05) is 6.54 Å². The Balaban J connectivity index is 2.93. The molecular weight excluding hydrogens is 233 g/mol. The molecule has 0 saturated carbocycles. The van der Waals surface area contributed by atoms with Gasteiger partial charge in [0, 0.05) is 25.2 Å². The SMILES string of the molecule is CC(C)NCCn1c(C(F)(F)F)cccc1=O. The Morgan fingerprint density at radius 1 is 1.35 bits per heavy atom. The number of hydrogen-bond acceptors (Lipinski definition) is 2. The summed E-state index contributed by atoms with van der Waals surface area (Å²) in [6.45, 7) is 4.11. The monoisotopic (exact) mass is 248 g/mol. The van der Waals surface area contributed by atoms with Gasteiger partial charge in [0.05, 0.1) is 0 Å². The zero-order chi connectivity index (χ0) is 13.1. The highest BCUT2D eigenvalue weighted by molar-refractivity contribution is 5.10. The molecule has 3 nitrogen and oxygen atoms in total. The minimum Gasteiger partial charge on any atom is -0.313 e. The zero-order valence-corrected chi connectivity index (χ0v) is 9.71. The molecule has 0 spiro atoms. The molecule has 0 aliphatic rings. The summed E-state index contributed by atoms with van der Waals surface area (Å²) in [5.74, 6) is 0. The van der Waals surface area contributed by atoms with Crippen LogP contribution < -0.4 is 10.9 Å². The molecule has 0 atom stereocenters. The normalized spacial score (nSPS) is 12.1. The van der Waals surface area contributed by atoms with Crippen LogP contribution in [-0.4, -0.2) is 17.2 Å². The number of hydrogen-bond donors (Lipinski definition) is 1. The number of alkyl halides is 3. The topological polar surface area (TPSA) is 34.0 Å². The van der Waals surface area contributed by atoms with Crippen LogP contribution in [0.2, 0.25) is 0 Å². The quantitative estimate of drug-likeness (QED) is 0.882. The second kappa shape index (κ2) is 5.35. The third-order valence-corrected chi connectivity index (χ3v) is 2.23. The van der Waals surface area contributed by atoms with Gasteiger partial charge in [-0.05, 0) is 6.07 Å². The standard InChI is InChI=1S/C11H15F3N2O/c1-8(2)15-6-7-16-9(11(12,13)14)4-3-5-10(16)17/h3-5,8,15H,6-7H2,1-2H3. The molecule has 0 radical (unpaired) electrons. The lowest BCUT2D eigenvalue weighted by atomic mass is 10.3. The molecule has 6 heteroatoms. The number of nitrogens with zero attached hydrogens (tertiary/aromatic N) is 1. The summed E-state index contributed by atoms with van der Waals surface area (Å²) >= 11 is 0. The van der Waals surface area contributed by atoms with E-state index in [-0.39, 0.29) is 12.6 Å². The van der Waals surface area contributed by atoms with Crippen LogP contribution in [0.1, 0.15) is 19.5 Å². The lowest BCUT2D eigenvalue weighted by Crippen LogP contribution is -2.33. The van der Waals surface area contributed by atoms with Gasteiger partial charge in [0.2, 0.25) is 0 Å². The first-order chi connectivity index (χ1) is 7.82. The molecule has 1 aromatic heterocycles. The summed E-state index contributed by atoms with van der Waals surface area (Å²) in [6, 6.07) is 3.34. The Labute approximate surface area is 97.3 Å². The second-order valence-electron chi connectivity index (χ2n) is 4.01. The lowest BCUT2D eigenvalue weighted by molar-refractivity contribution is -0.144. The van der Waals surface area contributed by atoms with Gasteiger partial charge in [-0.3, -0.25) is 4.79 Å². The van der Waals surface area contributed by atoms with Crippen molar-refractivity contribution in [1.82, 2.24) is 9.88 Å². The van der Waals surface area contributed by atoms with Crippen molar-refractivity contribution in [2.24, 2.45) is 0 Å². The van der Waals surface area contributed by atoms with Crippen LogP contribution >= 0.6 is 0 Å². The molecule has 0 aliphatic heterocycles. The third kappa shape index (κ3) is 3.89. The van der Waals surface area contributed by atoms with Gasteiger partial charge >= 0.3 is 6.18 Å². The molecular formula is C11H15F3N2O. The second-order valence-corrected chi connectivity index (χ2v) is 4.01.